The maximum atomic E-state index is 13.0. The molecule has 0 fully saturated rings. The fourth-order valence-corrected chi connectivity index (χ4v) is 3.72. The van der Waals surface area contributed by atoms with E-state index in [1.165, 1.54) is 30.9 Å². The zero-order chi connectivity index (χ0) is 25.3. The van der Waals surface area contributed by atoms with E-state index in [0.29, 0.717) is 37.3 Å². The standard InChI is InChI=1S/C23H27N9O4/c33-20-18(8-14-10-24-12-28-14)31-22(35)16-4-3-5-17(30-16)23(36)32-19(9-15-11-25-13-29-15)21(34)27-7-2-1-6-26-20/h3-5,10-13,18-19H,1-2,6-9H2,(H,24,28)(H,25,29)(H,26,33)(H,27,34)(H,31,35)(H,32,36)/t18-,19-/m0/s1. The Labute approximate surface area is 206 Å². The van der Waals surface area contributed by atoms with E-state index in [4.69, 9.17) is 0 Å². The number of amides is 4. The first kappa shape index (κ1) is 24.6. The molecule has 3 aromatic rings. The average Bonchev–Trinajstić information content (AvgIpc) is 3.59. The Morgan fingerprint density at radius 1 is 0.722 bits per heavy atom. The van der Waals surface area contributed by atoms with Gasteiger partial charge in [-0.3, -0.25) is 19.2 Å². The van der Waals surface area contributed by atoms with Crippen LogP contribution in [0.15, 0.2) is 43.2 Å². The molecule has 0 aromatic carbocycles. The first-order chi connectivity index (χ1) is 17.5. The van der Waals surface area contributed by atoms with E-state index in [-0.39, 0.29) is 36.0 Å². The molecule has 1 aliphatic heterocycles. The van der Waals surface area contributed by atoms with Crippen molar-refractivity contribution in [1.29, 1.82) is 0 Å². The summed E-state index contributed by atoms with van der Waals surface area (Å²) < 4.78 is 0. The Hall–Kier alpha value is -4.55. The number of pyridine rings is 1. The van der Waals surface area contributed by atoms with Crippen LogP contribution in [-0.2, 0) is 22.4 Å². The quantitative estimate of drug-likeness (QED) is 0.275. The summed E-state index contributed by atoms with van der Waals surface area (Å²) in [5.74, 6) is -1.94. The summed E-state index contributed by atoms with van der Waals surface area (Å²) in [5.41, 5.74) is 1.27. The van der Waals surface area contributed by atoms with E-state index in [0.717, 1.165) is 0 Å². The first-order valence-electron chi connectivity index (χ1n) is 11.6. The lowest BCUT2D eigenvalue weighted by Crippen LogP contribution is -2.48. The number of rotatable bonds is 4. The second-order valence-corrected chi connectivity index (χ2v) is 8.31. The number of hydrogen-bond acceptors (Lipinski definition) is 7. The highest BCUT2D eigenvalue weighted by molar-refractivity contribution is 5.99. The van der Waals surface area contributed by atoms with Crippen LogP contribution in [0.2, 0.25) is 0 Å². The summed E-state index contributed by atoms with van der Waals surface area (Å²) in [6.07, 6.45) is 7.75. The molecule has 0 radical (unpaired) electrons. The Morgan fingerprint density at radius 3 is 1.61 bits per heavy atom. The minimum absolute atomic E-state index is 0.0380. The summed E-state index contributed by atoms with van der Waals surface area (Å²) in [5, 5.41) is 11.0. The number of nitrogens with zero attached hydrogens (tertiary/aromatic N) is 3. The molecule has 36 heavy (non-hydrogen) atoms. The van der Waals surface area contributed by atoms with Crippen molar-refractivity contribution in [2.24, 2.45) is 0 Å². The van der Waals surface area contributed by atoms with E-state index in [1.54, 1.807) is 12.4 Å². The average molecular weight is 494 g/mol. The minimum Gasteiger partial charge on any atom is -0.354 e. The van der Waals surface area contributed by atoms with Gasteiger partial charge in [0.15, 0.2) is 0 Å². The van der Waals surface area contributed by atoms with Crippen LogP contribution in [0.4, 0.5) is 0 Å². The molecule has 2 bridgehead atoms. The highest BCUT2D eigenvalue weighted by Gasteiger charge is 2.26. The first-order valence-corrected chi connectivity index (χ1v) is 11.6. The topological polar surface area (TPSA) is 187 Å². The lowest BCUT2D eigenvalue weighted by Gasteiger charge is -2.18. The fraction of sp³-hybridized carbons (Fsp3) is 0.348. The summed E-state index contributed by atoms with van der Waals surface area (Å²) >= 11 is 0. The molecule has 2 atom stereocenters. The Balaban J connectivity index is 1.56. The van der Waals surface area contributed by atoms with Crippen LogP contribution in [0.3, 0.4) is 0 Å². The molecule has 13 nitrogen and oxygen atoms in total. The second-order valence-electron chi connectivity index (χ2n) is 8.31. The minimum atomic E-state index is -0.883. The third kappa shape index (κ3) is 6.52. The molecule has 13 heteroatoms. The van der Waals surface area contributed by atoms with Gasteiger partial charge in [0, 0.05) is 49.7 Å². The Morgan fingerprint density at radius 2 is 1.19 bits per heavy atom. The monoisotopic (exact) mass is 493 g/mol. The largest absolute Gasteiger partial charge is 0.354 e. The van der Waals surface area contributed by atoms with Crippen molar-refractivity contribution in [3.05, 3.63) is 66.0 Å². The van der Waals surface area contributed by atoms with Crippen LogP contribution < -0.4 is 21.3 Å². The molecule has 1 aliphatic rings. The number of aromatic nitrogens is 5. The smallest absolute Gasteiger partial charge is 0.270 e. The van der Waals surface area contributed by atoms with Gasteiger partial charge in [0.2, 0.25) is 11.8 Å². The maximum absolute atomic E-state index is 13.0. The molecule has 0 saturated carbocycles. The van der Waals surface area contributed by atoms with Gasteiger partial charge in [0.25, 0.3) is 11.8 Å². The Kier molecular flexibility index (Phi) is 8.01. The zero-order valence-corrected chi connectivity index (χ0v) is 19.4. The molecular weight excluding hydrogens is 466 g/mol. The van der Waals surface area contributed by atoms with Gasteiger partial charge in [-0.25, -0.2) is 15.0 Å². The van der Waals surface area contributed by atoms with E-state index in [9.17, 15) is 19.2 Å². The number of fused-ring (bicyclic) bond motifs is 2. The normalized spacial score (nSPS) is 20.0. The summed E-state index contributed by atoms with van der Waals surface area (Å²) in [7, 11) is 0. The van der Waals surface area contributed by atoms with Crippen LogP contribution in [-0.4, -0.2) is 73.7 Å². The van der Waals surface area contributed by atoms with Gasteiger partial charge in [0.1, 0.15) is 23.5 Å². The molecule has 0 aliphatic carbocycles. The van der Waals surface area contributed by atoms with Gasteiger partial charge in [-0.2, -0.15) is 0 Å². The third-order valence-electron chi connectivity index (χ3n) is 5.62. The van der Waals surface area contributed by atoms with Crippen molar-refractivity contribution >= 4 is 23.6 Å². The highest BCUT2D eigenvalue weighted by Crippen LogP contribution is 2.06. The number of carbonyl (C=O) groups excluding carboxylic acids is 4. The van der Waals surface area contributed by atoms with E-state index >= 15 is 0 Å². The van der Waals surface area contributed by atoms with Gasteiger partial charge >= 0.3 is 0 Å². The van der Waals surface area contributed by atoms with Crippen molar-refractivity contribution in [3.8, 4) is 0 Å². The second kappa shape index (κ2) is 11.7. The van der Waals surface area contributed by atoms with Gasteiger partial charge in [-0.05, 0) is 25.0 Å². The molecule has 4 amide bonds. The fourth-order valence-electron chi connectivity index (χ4n) is 3.72. The van der Waals surface area contributed by atoms with Crippen LogP contribution in [0.1, 0.15) is 45.2 Å². The van der Waals surface area contributed by atoms with Gasteiger partial charge in [-0.1, -0.05) is 6.07 Å². The SMILES string of the molecule is O=C1N[C@@H](Cc2cnc[nH]2)C(=O)NCCCCNC(=O)[C@H](Cc2cnc[nH]2)NC(=O)c2cccc1n2. The van der Waals surface area contributed by atoms with Crippen molar-refractivity contribution in [2.45, 2.75) is 37.8 Å². The molecule has 188 valence electrons. The van der Waals surface area contributed by atoms with Gasteiger partial charge in [-0.15, -0.1) is 0 Å². The molecular formula is C23H27N9O4. The molecule has 4 heterocycles. The van der Waals surface area contributed by atoms with E-state index in [2.05, 4.69) is 46.2 Å². The summed E-state index contributed by atoms with van der Waals surface area (Å²) in [6.45, 7) is 0.734. The number of hydrogen-bond donors (Lipinski definition) is 6. The number of imidazole rings is 2. The highest BCUT2D eigenvalue weighted by atomic mass is 16.2. The lowest BCUT2D eigenvalue weighted by atomic mass is 10.1. The maximum Gasteiger partial charge on any atom is 0.270 e. The van der Waals surface area contributed by atoms with Crippen LogP contribution in [0, 0.1) is 0 Å². The molecule has 4 rings (SSSR count). The summed E-state index contributed by atoms with van der Waals surface area (Å²) in [4.78, 5) is 69.5. The molecule has 0 saturated heterocycles. The van der Waals surface area contributed by atoms with Crippen LogP contribution >= 0.6 is 0 Å². The van der Waals surface area contributed by atoms with Crippen LogP contribution in [0.5, 0.6) is 0 Å². The van der Waals surface area contributed by atoms with Crippen LogP contribution in [0.25, 0.3) is 0 Å². The predicted molar refractivity (Wildman–Crippen MR) is 127 cm³/mol. The predicted octanol–water partition coefficient (Wildman–Crippen LogP) is -0.764. The molecule has 3 aromatic heterocycles. The number of nitrogens with one attached hydrogen (secondary N) is 6. The van der Waals surface area contributed by atoms with Crippen molar-refractivity contribution in [2.75, 3.05) is 13.1 Å². The van der Waals surface area contributed by atoms with Gasteiger partial charge < -0.3 is 31.2 Å². The molecule has 0 spiro atoms. The number of H-pyrrole nitrogens is 2. The third-order valence-corrected chi connectivity index (χ3v) is 5.62. The van der Waals surface area contributed by atoms with Gasteiger partial charge in [0.05, 0.1) is 12.7 Å². The lowest BCUT2D eigenvalue weighted by molar-refractivity contribution is -0.123. The van der Waals surface area contributed by atoms with Crippen molar-refractivity contribution < 1.29 is 19.2 Å². The number of carbonyl (C=O) groups is 4. The van der Waals surface area contributed by atoms with E-state index in [1.807, 2.05) is 0 Å². The summed E-state index contributed by atoms with van der Waals surface area (Å²) in [6, 6.07) is 2.64. The zero-order valence-electron chi connectivity index (χ0n) is 19.4. The molecule has 0 unspecified atom stereocenters. The molecule has 6 N–H and O–H groups in total. The number of aromatic amines is 2. The Bertz CT molecular complexity index is 1100. The van der Waals surface area contributed by atoms with Crippen molar-refractivity contribution in [3.63, 3.8) is 0 Å². The van der Waals surface area contributed by atoms with Crippen molar-refractivity contribution in [1.82, 2.24) is 46.2 Å². The van der Waals surface area contributed by atoms with E-state index < -0.39 is 23.9 Å².